The van der Waals surface area contributed by atoms with E-state index in [-0.39, 0.29) is 5.91 Å². The first-order valence-electron chi connectivity index (χ1n) is 7.48. The maximum Gasteiger partial charge on any atom is 0.286 e. The molecule has 2 aromatic heterocycles. The fourth-order valence-electron chi connectivity index (χ4n) is 2.21. The van der Waals surface area contributed by atoms with E-state index >= 15 is 0 Å². The van der Waals surface area contributed by atoms with Crippen molar-refractivity contribution in [3.05, 3.63) is 71.2 Å². The minimum atomic E-state index is -0.231. The van der Waals surface area contributed by atoms with E-state index in [0.29, 0.717) is 31.0 Å². The number of hydrogen-bond acceptors (Lipinski definition) is 4. The first-order chi connectivity index (χ1) is 11.2. The summed E-state index contributed by atoms with van der Waals surface area (Å²) in [6.45, 7) is 2.52. The lowest BCUT2D eigenvalue weighted by Crippen LogP contribution is -2.25. The van der Waals surface area contributed by atoms with E-state index in [1.165, 1.54) is 17.4 Å². The summed E-state index contributed by atoms with van der Waals surface area (Å²) in [5.74, 6) is 1.58. The summed E-state index contributed by atoms with van der Waals surface area (Å²) >= 11 is 0. The van der Waals surface area contributed by atoms with Gasteiger partial charge in [-0.1, -0.05) is 29.8 Å². The van der Waals surface area contributed by atoms with Crippen LogP contribution in [0.2, 0.25) is 0 Å². The van der Waals surface area contributed by atoms with Crippen molar-refractivity contribution in [2.24, 2.45) is 0 Å². The molecule has 23 heavy (non-hydrogen) atoms. The van der Waals surface area contributed by atoms with Crippen molar-refractivity contribution < 1.29 is 9.21 Å². The zero-order valence-corrected chi connectivity index (χ0v) is 12.9. The summed E-state index contributed by atoms with van der Waals surface area (Å²) in [4.78, 5) is 16.2. The highest BCUT2D eigenvalue weighted by atomic mass is 16.3. The Hall–Kier alpha value is -2.89. The second kappa shape index (κ2) is 6.91. The van der Waals surface area contributed by atoms with Crippen molar-refractivity contribution in [2.75, 3.05) is 6.54 Å². The van der Waals surface area contributed by atoms with E-state index in [9.17, 15) is 4.79 Å². The van der Waals surface area contributed by atoms with Crippen LogP contribution in [0.25, 0.3) is 0 Å². The summed E-state index contributed by atoms with van der Waals surface area (Å²) in [5, 5.41) is 9.89. The molecule has 0 aliphatic rings. The van der Waals surface area contributed by atoms with Gasteiger partial charge in [-0.25, -0.2) is 4.98 Å². The third kappa shape index (κ3) is 4.06. The third-order valence-electron chi connectivity index (χ3n) is 3.45. The molecule has 0 bridgehead atoms. The highest BCUT2D eigenvalue weighted by Crippen LogP contribution is 2.07. The number of H-pyrrole nitrogens is 1. The molecule has 0 saturated heterocycles. The quantitative estimate of drug-likeness (QED) is 0.731. The molecule has 3 aromatic rings. The number of aromatic amines is 1. The summed E-state index contributed by atoms with van der Waals surface area (Å²) < 4.78 is 5.03. The number of rotatable bonds is 6. The Kier molecular flexibility index (Phi) is 4.52. The van der Waals surface area contributed by atoms with E-state index in [4.69, 9.17) is 4.42 Å². The molecule has 0 radical (unpaired) electrons. The molecule has 1 aromatic carbocycles. The van der Waals surface area contributed by atoms with E-state index in [0.717, 1.165) is 5.82 Å². The number of carbonyl (C=O) groups is 1. The van der Waals surface area contributed by atoms with Crippen LogP contribution in [0.5, 0.6) is 0 Å². The molecule has 0 unspecified atom stereocenters. The molecule has 1 amide bonds. The molecule has 0 fully saturated rings. The Labute approximate surface area is 133 Å². The van der Waals surface area contributed by atoms with Crippen LogP contribution >= 0.6 is 0 Å². The standard InChI is InChI=1S/C17H18N4O2/c1-12-4-6-13(7-5-12)11-16-19-15(20-21-16)8-9-18-17(22)14-3-2-10-23-14/h2-7,10H,8-9,11H2,1H3,(H,18,22)(H,19,20,21). The Bertz CT molecular complexity index is 760. The summed E-state index contributed by atoms with van der Waals surface area (Å²) in [6.07, 6.45) is 2.75. The molecule has 2 heterocycles. The van der Waals surface area contributed by atoms with Crippen molar-refractivity contribution in [1.82, 2.24) is 20.5 Å². The first-order valence-corrected chi connectivity index (χ1v) is 7.48. The minimum absolute atomic E-state index is 0.231. The fraction of sp³-hybridized carbons (Fsp3) is 0.235. The van der Waals surface area contributed by atoms with Crippen molar-refractivity contribution in [1.29, 1.82) is 0 Å². The molecule has 0 atom stereocenters. The number of amides is 1. The van der Waals surface area contributed by atoms with Crippen LogP contribution in [0.4, 0.5) is 0 Å². The summed E-state index contributed by atoms with van der Waals surface area (Å²) in [7, 11) is 0. The highest BCUT2D eigenvalue weighted by molar-refractivity contribution is 5.91. The van der Waals surface area contributed by atoms with Crippen LogP contribution in [-0.4, -0.2) is 27.6 Å². The maximum atomic E-state index is 11.7. The summed E-state index contributed by atoms with van der Waals surface area (Å²) in [6, 6.07) is 11.6. The fourth-order valence-corrected chi connectivity index (χ4v) is 2.21. The lowest BCUT2D eigenvalue weighted by atomic mass is 10.1. The second-order valence-electron chi connectivity index (χ2n) is 5.34. The predicted molar refractivity (Wildman–Crippen MR) is 85.1 cm³/mol. The zero-order chi connectivity index (χ0) is 16.1. The maximum absolute atomic E-state index is 11.7. The van der Waals surface area contributed by atoms with Crippen LogP contribution in [0.1, 0.15) is 33.3 Å². The molecular weight excluding hydrogens is 292 g/mol. The number of hydrogen-bond donors (Lipinski definition) is 2. The van der Waals surface area contributed by atoms with Gasteiger partial charge >= 0.3 is 0 Å². The number of carbonyl (C=O) groups excluding carboxylic acids is 1. The zero-order valence-electron chi connectivity index (χ0n) is 12.9. The van der Waals surface area contributed by atoms with Gasteiger partial charge in [0.25, 0.3) is 5.91 Å². The minimum Gasteiger partial charge on any atom is -0.459 e. The Morgan fingerprint density at radius 2 is 2.09 bits per heavy atom. The van der Waals surface area contributed by atoms with Gasteiger partial charge in [-0.3, -0.25) is 9.89 Å². The Morgan fingerprint density at radius 3 is 2.83 bits per heavy atom. The lowest BCUT2D eigenvalue weighted by Gasteiger charge is -2.00. The van der Waals surface area contributed by atoms with Gasteiger partial charge < -0.3 is 9.73 Å². The molecule has 6 nitrogen and oxygen atoms in total. The van der Waals surface area contributed by atoms with Crippen LogP contribution < -0.4 is 5.32 Å². The molecule has 0 aliphatic heterocycles. The normalized spacial score (nSPS) is 10.7. The van der Waals surface area contributed by atoms with Crippen molar-refractivity contribution in [2.45, 2.75) is 19.8 Å². The SMILES string of the molecule is Cc1ccc(Cc2nc(CCNC(=O)c3ccco3)n[nH]2)cc1. The predicted octanol–water partition coefficient (Wildman–Crippen LogP) is 2.27. The molecule has 0 aliphatic carbocycles. The van der Waals surface area contributed by atoms with Crippen LogP contribution in [-0.2, 0) is 12.8 Å². The van der Waals surface area contributed by atoms with Gasteiger partial charge in [-0.15, -0.1) is 0 Å². The number of aromatic nitrogens is 3. The van der Waals surface area contributed by atoms with E-state index < -0.39 is 0 Å². The van der Waals surface area contributed by atoms with Gasteiger partial charge in [-0.2, -0.15) is 5.10 Å². The van der Waals surface area contributed by atoms with Crippen molar-refractivity contribution >= 4 is 5.91 Å². The van der Waals surface area contributed by atoms with E-state index in [2.05, 4.69) is 51.7 Å². The molecule has 118 valence electrons. The number of nitrogens with one attached hydrogen (secondary N) is 2. The molecule has 0 spiro atoms. The lowest BCUT2D eigenvalue weighted by molar-refractivity contribution is 0.0926. The largest absolute Gasteiger partial charge is 0.459 e. The second-order valence-corrected chi connectivity index (χ2v) is 5.34. The molecule has 3 rings (SSSR count). The number of aryl methyl sites for hydroxylation is 1. The first kappa shape index (κ1) is 15.0. The van der Waals surface area contributed by atoms with Gasteiger partial charge in [-0.05, 0) is 24.6 Å². The Morgan fingerprint density at radius 1 is 1.26 bits per heavy atom. The molecule has 0 saturated carbocycles. The molecule has 6 heteroatoms. The highest BCUT2D eigenvalue weighted by Gasteiger charge is 2.09. The van der Waals surface area contributed by atoms with Gasteiger partial charge in [0.15, 0.2) is 11.6 Å². The smallest absolute Gasteiger partial charge is 0.286 e. The average Bonchev–Trinajstić information content (AvgIpc) is 3.21. The molecular formula is C17H18N4O2. The number of nitrogens with zero attached hydrogens (tertiary/aromatic N) is 2. The van der Waals surface area contributed by atoms with Gasteiger partial charge in [0.05, 0.1) is 6.26 Å². The van der Waals surface area contributed by atoms with Gasteiger partial charge in [0.2, 0.25) is 0 Å². The molecule has 2 N–H and O–H groups in total. The van der Waals surface area contributed by atoms with Crippen LogP contribution in [0.3, 0.4) is 0 Å². The van der Waals surface area contributed by atoms with Crippen molar-refractivity contribution in [3.63, 3.8) is 0 Å². The average molecular weight is 310 g/mol. The Balaban J connectivity index is 1.49. The van der Waals surface area contributed by atoms with Gasteiger partial charge in [0, 0.05) is 19.4 Å². The van der Waals surface area contributed by atoms with Crippen LogP contribution in [0.15, 0.2) is 47.1 Å². The van der Waals surface area contributed by atoms with Crippen LogP contribution in [0, 0.1) is 6.92 Å². The number of furan rings is 1. The third-order valence-corrected chi connectivity index (χ3v) is 3.45. The monoisotopic (exact) mass is 310 g/mol. The van der Waals surface area contributed by atoms with Gasteiger partial charge in [0.1, 0.15) is 5.82 Å². The van der Waals surface area contributed by atoms with E-state index in [1.807, 2.05) is 0 Å². The van der Waals surface area contributed by atoms with E-state index in [1.54, 1.807) is 12.1 Å². The topological polar surface area (TPSA) is 83.8 Å². The summed E-state index contributed by atoms with van der Waals surface area (Å²) in [5.41, 5.74) is 2.42. The number of benzene rings is 1. The van der Waals surface area contributed by atoms with Crippen molar-refractivity contribution in [3.8, 4) is 0 Å².